The molecule has 4 rings (SSSR count). The molecule has 14 heteroatoms. The molecule has 32 heavy (non-hydrogen) atoms. The van der Waals surface area contributed by atoms with E-state index in [4.69, 9.17) is 30.7 Å². The van der Waals surface area contributed by atoms with Gasteiger partial charge >= 0.3 is 19.8 Å². The van der Waals surface area contributed by atoms with Crippen LogP contribution in [0.2, 0.25) is 0 Å². The summed E-state index contributed by atoms with van der Waals surface area (Å²) < 4.78 is 50.5. The van der Waals surface area contributed by atoms with Crippen molar-refractivity contribution in [1.29, 1.82) is 0 Å². The number of nitrogen functional groups attached to an aromatic ring is 1. The second-order valence-electron chi connectivity index (χ2n) is 7.75. The van der Waals surface area contributed by atoms with E-state index < -0.39 is 43.8 Å². The first kappa shape index (κ1) is 22.6. The Balaban J connectivity index is 1.56. The van der Waals surface area contributed by atoms with Gasteiger partial charge in [0.25, 0.3) is 0 Å². The molecule has 0 radical (unpaired) electrons. The average Bonchev–Trinajstić information content (AvgIpc) is 3.28. The molecule has 2 aliphatic heterocycles. The van der Waals surface area contributed by atoms with E-state index in [2.05, 4.69) is 26.0 Å². The molecule has 3 N–H and O–H groups in total. The first-order chi connectivity index (χ1) is 15.1. The van der Waals surface area contributed by atoms with E-state index in [0.717, 1.165) is 0 Å². The summed E-state index contributed by atoms with van der Waals surface area (Å²) >= 11 is 0. The molecule has 2 fully saturated rings. The van der Waals surface area contributed by atoms with E-state index in [0.29, 0.717) is 0 Å². The number of terminal acetylenes is 1. The zero-order valence-electron chi connectivity index (χ0n) is 17.5. The Morgan fingerprint density at radius 3 is 2.94 bits per heavy atom. The predicted molar refractivity (Wildman–Crippen MR) is 108 cm³/mol. The lowest BCUT2D eigenvalue weighted by Crippen LogP contribution is -2.49. The van der Waals surface area contributed by atoms with Crippen molar-refractivity contribution in [3.05, 3.63) is 12.4 Å². The van der Waals surface area contributed by atoms with Crippen LogP contribution in [0.25, 0.3) is 11.2 Å². The molecule has 0 bridgehead atoms. The van der Waals surface area contributed by atoms with Gasteiger partial charge in [-0.15, -0.1) is 6.42 Å². The van der Waals surface area contributed by atoms with Gasteiger partial charge < -0.3 is 15.2 Å². The summed E-state index contributed by atoms with van der Waals surface area (Å²) in [5.74, 6) is 1.77. The van der Waals surface area contributed by atoms with Crippen molar-refractivity contribution >= 4 is 30.7 Å². The third kappa shape index (κ3) is 3.96. The molecule has 0 amide bonds. The van der Waals surface area contributed by atoms with Crippen molar-refractivity contribution < 1.29 is 32.3 Å². The number of nitrogens with one attached hydrogen (secondary N) is 1. The van der Waals surface area contributed by atoms with Crippen molar-refractivity contribution in [3.8, 4) is 12.3 Å². The second kappa shape index (κ2) is 8.06. The number of carbonyl (C=O) groups is 1. The minimum absolute atomic E-state index is 0.109. The molecule has 2 aromatic rings. The molecule has 0 aromatic carbocycles. The number of rotatable bonds is 5. The van der Waals surface area contributed by atoms with E-state index in [9.17, 15) is 13.8 Å². The SMILES string of the molecule is C#C[C@@]12COP(=O)(N[C@H](C)C(=O)OC(C)C)O[C@H]1C[C@H](n1cnc3c(N)nc(F)nc31)O2. The summed E-state index contributed by atoms with van der Waals surface area (Å²) in [6, 6.07) is -0.958. The highest BCUT2D eigenvalue weighted by Gasteiger charge is 2.57. The van der Waals surface area contributed by atoms with E-state index in [-0.39, 0.29) is 36.1 Å². The molecule has 172 valence electrons. The van der Waals surface area contributed by atoms with Gasteiger partial charge in [-0.25, -0.2) is 14.6 Å². The lowest BCUT2D eigenvalue weighted by molar-refractivity contribution is -0.149. The molecule has 0 spiro atoms. The summed E-state index contributed by atoms with van der Waals surface area (Å²) in [7, 11) is -3.92. The Morgan fingerprint density at radius 2 is 2.25 bits per heavy atom. The van der Waals surface area contributed by atoms with Gasteiger partial charge in [0.2, 0.25) is 0 Å². The zero-order chi connectivity index (χ0) is 23.3. The third-order valence-electron chi connectivity index (χ3n) is 5.03. The van der Waals surface area contributed by atoms with Crippen molar-refractivity contribution in [2.45, 2.75) is 57.3 Å². The zero-order valence-corrected chi connectivity index (χ0v) is 18.4. The number of nitrogens with zero attached hydrogens (tertiary/aromatic N) is 4. The molecule has 0 saturated carbocycles. The van der Waals surface area contributed by atoms with Crippen LogP contribution in [0.1, 0.15) is 33.4 Å². The fraction of sp³-hybridized carbons (Fsp3) is 0.556. The van der Waals surface area contributed by atoms with Crippen LogP contribution in [0, 0.1) is 18.4 Å². The lowest BCUT2D eigenvalue weighted by Gasteiger charge is -2.37. The molecule has 2 aromatic heterocycles. The minimum atomic E-state index is -3.92. The first-order valence-corrected chi connectivity index (χ1v) is 11.3. The Labute approximate surface area is 182 Å². The lowest BCUT2D eigenvalue weighted by atomic mass is 9.99. The van der Waals surface area contributed by atoms with Crippen LogP contribution in [0.5, 0.6) is 0 Å². The Hall–Kier alpha value is -2.62. The third-order valence-corrected chi connectivity index (χ3v) is 6.73. The number of halogens is 1. The van der Waals surface area contributed by atoms with Crippen LogP contribution in [0.15, 0.2) is 6.33 Å². The van der Waals surface area contributed by atoms with Crippen LogP contribution in [-0.2, 0) is 27.9 Å². The Morgan fingerprint density at radius 1 is 1.50 bits per heavy atom. The Kier molecular flexibility index (Phi) is 5.68. The highest BCUT2D eigenvalue weighted by Crippen LogP contribution is 2.56. The fourth-order valence-electron chi connectivity index (χ4n) is 3.53. The summed E-state index contributed by atoms with van der Waals surface area (Å²) in [6.07, 6.45) is 4.18. The van der Waals surface area contributed by atoms with Crippen LogP contribution in [0.4, 0.5) is 10.2 Å². The van der Waals surface area contributed by atoms with Gasteiger partial charge in [0.1, 0.15) is 25.0 Å². The normalized spacial score (nSPS) is 30.8. The fourth-order valence-corrected chi connectivity index (χ4v) is 5.26. The predicted octanol–water partition coefficient (Wildman–Crippen LogP) is 1.29. The quantitative estimate of drug-likeness (QED) is 0.282. The van der Waals surface area contributed by atoms with Gasteiger partial charge in [-0.3, -0.25) is 18.4 Å². The number of aromatic nitrogens is 4. The second-order valence-corrected chi connectivity index (χ2v) is 9.47. The number of ether oxygens (including phenoxy) is 2. The Bertz CT molecular complexity index is 1150. The molecule has 0 aliphatic carbocycles. The summed E-state index contributed by atoms with van der Waals surface area (Å²) in [5.41, 5.74) is 4.65. The van der Waals surface area contributed by atoms with Crippen LogP contribution < -0.4 is 10.8 Å². The molecular formula is C18H22FN6O6P. The van der Waals surface area contributed by atoms with Gasteiger partial charge in [-0.05, 0) is 20.8 Å². The highest BCUT2D eigenvalue weighted by molar-refractivity contribution is 7.51. The summed E-state index contributed by atoms with van der Waals surface area (Å²) in [6.45, 7) is 4.60. The molecule has 1 unspecified atom stereocenters. The van der Waals surface area contributed by atoms with Crippen molar-refractivity contribution in [3.63, 3.8) is 0 Å². The maximum Gasteiger partial charge on any atom is 0.406 e. The number of anilines is 1. The molecular weight excluding hydrogens is 446 g/mol. The van der Waals surface area contributed by atoms with Crippen LogP contribution in [-0.4, -0.2) is 55.9 Å². The van der Waals surface area contributed by atoms with Gasteiger partial charge in [-0.2, -0.15) is 14.4 Å². The molecule has 2 aliphatic rings. The van der Waals surface area contributed by atoms with Gasteiger partial charge in [0.05, 0.1) is 12.4 Å². The van der Waals surface area contributed by atoms with Gasteiger partial charge in [0, 0.05) is 6.42 Å². The number of fused-ring (bicyclic) bond motifs is 2. The average molecular weight is 468 g/mol. The number of esters is 1. The maximum absolute atomic E-state index is 13.7. The highest BCUT2D eigenvalue weighted by atomic mass is 31.2. The van der Waals surface area contributed by atoms with Gasteiger partial charge in [-0.1, -0.05) is 5.92 Å². The first-order valence-electron chi connectivity index (χ1n) is 9.78. The summed E-state index contributed by atoms with van der Waals surface area (Å²) in [5, 5.41) is 2.55. The molecule has 12 nitrogen and oxygen atoms in total. The van der Waals surface area contributed by atoms with Crippen molar-refractivity contribution in [2.75, 3.05) is 12.3 Å². The standard InChI is InChI=1S/C18H22FN6O6P/c1-5-18-7-28-32(27,24-10(4)16(26)29-9(2)3)31-11(18)6-12(30-18)25-8-21-13-14(20)22-17(19)23-15(13)25/h1,8-12H,6-7H2,2-4H3,(H,24,27)(H2,20,22,23)/t10-,11+,12-,18-,32?/m1/s1. The minimum Gasteiger partial charge on any atom is -0.462 e. The monoisotopic (exact) mass is 468 g/mol. The summed E-state index contributed by atoms with van der Waals surface area (Å²) in [4.78, 5) is 23.4. The van der Waals surface area contributed by atoms with E-state index in [1.165, 1.54) is 17.8 Å². The van der Waals surface area contributed by atoms with Gasteiger partial charge in [0.15, 0.2) is 22.6 Å². The van der Waals surface area contributed by atoms with Crippen molar-refractivity contribution in [1.82, 2.24) is 24.6 Å². The number of hydrogen-bond acceptors (Lipinski definition) is 10. The van der Waals surface area contributed by atoms with E-state index in [1.807, 2.05) is 0 Å². The molecule has 5 atom stereocenters. The maximum atomic E-state index is 13.7. The molecule has 4 heterocycles. The van der Waals surface area contributed by atoms with E-state index in [1.54, 1.807) is 13.8 Å². The smallest absolute Gasteiger partial charge is 0.406 e. The van der Waals surface area contributed by atoms with Crippen LogP contribution >= 0.6 is 7.75 Å². The number of carbonyl (C=O) groups excluding carboxylic acids is 1. The topological polar surface area (TPSA) is 153 Å². The number of imidazole rings is 1. The molecule has 2 saturated heterocycles. The van der Waals surface area contributed by atoms with E-state index >= 15 is 0 Å². The number of nitrogens with two attached hydrogens (primary N) is 1. The number of hydrogen-bond donors (Lipinski definition) is 2. The van der Waals surface area contributed by atoms with Crippen LogP contribution in [0.3, 0.4) is 0 Å². The van der Waals surface area contributed by atoms with Crippen molar-refractivity contribution in [2.24, 2.45) is 0 Å². The largest absolute Gasteiger partial charge is 0.462 e.